The average molecular weight is 199 g/mol. The molecule has 0 saturated carbocycles. The van der Waals surface area contributed by atoms with E-state index in [1.807, 2.05) is 0 Å². The Bertz CT molecular complexity index is 283. The van der Waals surface area contributed by atoms with Gasteiger partial charge in [0.1, 0.15) is 0 Å². The van der Waals surface area contributed by atoms with Gasteiger partial charge in [0, 0.05) is 11.1 Å². The number of thiazole rings is 1. The maximum Gasteiger partial charge on any atom is 0.365 e. The maximum absolute atomic E-state index is 10.5. The number of aromatic carboxylic acids is 1. The van der Waals surface area contributed by atoms with Gasteiger partial charge < -0.3 is 5.11 Å². The van der Waals surface area contributed by atoms with Crippen LogP contribution in [0.3, 0.4) is 0 Å². The van der Waals surface area contributed by atoms with Gasteiger partial charge in [-0.3, -0.25) is 0 Å². The number of carbonyl (C=O) groups is 1. The minimum absolute atomic E-state index is 0.200. The van der Waals surface area contributed by atoms with Crippen LogP contribution in [0.25, 0.3) is 0 Å². The number of nitrogens with zero attached hydrogens (tertiary/aromatic N) is 1. The van der Waals surface area contributed by atoms with Crippen LogP contribution >= 0.6 is 11.3 Å². The van der Waals surface area contributed by atoms with Crippen molar-refractivity contribution in [2.75, 3.05) is 0 Å². The first-order chi connectivity index (χ1) is 6.24. The van der Waals surface area contributed by atoms with Crippen molar-refractivity contribution in [3.8, 4) is 0 Å². The highest BCUT2D eigenvalue weighted by Gasteiger charge is 2.07. The summed E-state index contributed by atoms with van der Waals surface area (Å²) in [6.07, 6.45) is 6.13. The highest BCUT2D eigenvalue weighted by molar-refractivity contribution is 7.13. The number of aryl methyl sites for hydroxylation is 1. The molecule has 1 heterocycles. The standard InChI is InChI=1S/C9H13NO2S/c1-2-3-4-5-7-6-10-8(13-7)9(11)12/h6H,2-5H2,1H3,(H,11,12). The van der Waals surface area contributed by atoms with Gasteiger partial charge >= 0.3 is 5.97 Å². The molecule has 0 amide bonds. The Labute approximate surface area is 81.4 Å². The summed E-state index contributed by atoms with van der Waals surface area (Å²) in [6, 6.07) is 0. The van der Waals surface area contributed by atoms with Gasteiger partial charge in [-0.25, -0.2) is 9.78 Å². The van der Waals surface area contributed by atoms with Gasteiger partial charge in [-0.1, -0.05) is 19.8 Å². The van der Waals surface area contributed by atoms with E-state index in [2.05, 4.69) is 11.9 Å². The molecular formula is C9H13NO2S. The monoisotopic (exact) mass is 199 g/mol. The van der Waals surface area contributed by atoms with E-state index in [-0.39, 0.29) is 5.01 Å². The van der Waals surface area contributed by atoms with Crippen molar-refractivity contribution in [3.05, 3.63) is 16.1 Å². The Morgan fingerprint density at radius 2 is 2.38 bits per heavy atom. The zero-order chi connectivity index (χ0) is 9.68. The van der Waals surface area contributed by atoms with Crippen molar-refractivity contribution in [2.45, 2.75) is 32.6 Å². The molecular weight excluding hydrogens is 186 g/mol. The average Bonchev–Trinajstić information content (AvgIpc) is 2.53. The lowest BCUT2D eigenvalue weighted by atomic mass is 10.2. The first-order valence-corrected chi connectivity index (χ1v) is 5.23. The Kier molecular flexibility index (Phi) is 3.89. The molecule has 0 aliphatic rings. The van der Waals surface area contributed by atoms with Gasteiger partial charge in [-0.05, 0) is 12.8 Å². The van der Waals surface area contributed by atoms with Crippen LogP contribution in [0.1, 0.15) is 40.9 Å². The first kappa shape index (κ1) is 10.2. The summed E-state index contributed by atoms with van der Waals surface area (Å²) in [7, 11) is 0. The van der Waals surface area contributed by atoms with E-state index in [1.165, 1.54) is 24.2 Å². The van der Waals surface area contributed by atoms with E-state index in [0.29, 0.717) is 0 Å². The fourth-order valence-corrected chi connectivity index (χ4v) is 1.86. The van der Waals surface area contributed by atoms with Gasteiger partial charge in [-0.2, -0.15) is 0 Å². The van der Waals surface area contributed by atoms with Crippen LogP contribution in [0.15, 0.2) is 6.20 Å². The third-order valence-corrected chi connectivity index (χ3v) is 2.81. The number of hydrogen-bond donors (Lipinski definition) is 1. The lowest BCUT2D eigenvalue weighted by molar-refractivity contribution is 0.0696. The van der Waals surface area contributed by atoms with Crippen molar-refractivity contribution in [3.63, 3.8) is 0 Å². The van der Waals surface area contributed by atoms with Crippen LogP contribution in [0, 0.1) is 0 Å². The molecule has 0 bridgehead atoms. The zero-order valence-electron chi connectivity index (χ0n) is 7.62. The number of carboxylic acids is 1. The predicted molar refractivity (Wildman–Crippen MR) is 52.3 cm³/mol. The molecule has 0 saturated heterocycles. The quantitative estimate of drug-likeness (QED) is 0.741. The molecule has 3 nitrogen and oxygen atoms in total. The Hall–Kier alpha value is -0.900. The van der Waals surface area contributed by atoms with Crippen LogP contribution in [-0.2, 0) is 6.42 Å². The number of aromatic nitrogens is 1. The molecule has 0 aromatic carbocycles. The molecule has 0 fully saturated rings. The minimum atomic E-state index is -0.924. The second-order valence-corrected chi connectivity index (χ2v) is 4.01. The summed E-state index contributed by atoms with van der Waals surface area (Å²) in [5, 5.41) is 8.82. The summed E-state index contributed by atoms with van der Waals surface area (Å²) >= 11 is 1.28. The van der Waals surface area contributed by atoms with E-state index in [4.69, 9.17) is 5.11 Å². The Morgan fingerprint density at radius 3 is 2.92 bits per heavy atom. The van der Waals surface area contributed by atoms with Crippen LogP contribution in [-0.4, -0.2) is 16.1 Å². The summed E-state index contributed by atoms with van der Waals surface area (Å²) in [5.41, 5.74) is 0. The SMILES string of the molecule is CCCCCc1cnc(C(=O)O)s1. The van der Waals surface area contributed by atoms with Crippen molar-refractivity contribution >= 4 is 17.3 Å². The van der Waals surface area contributed by atoms with E-state index in [9.17, 15) is 4.79 Å². The van der Waals surface area contributed by atoms with Crippen molar-refractivity contribution in [2.24, 2.45) is 0 Å². The number of hydrogen-bond acceptors (Lipinski definition) is 3. The fraction of sp³-hybridized carbons (Fsp3) is 0.556. The number of rotatable bonds is 5. The molecule has 4 heteroatoms. The lowest BCUT2D eigenvalue weighted by Gasteiger charge is -1.93. The topological polar surface area (TPSA) is 50.2 Å². The number of carboxylic acid groups (broad SMARTS) is 1. The zero-order valence-corrected chi connectivity index (χ0v) is 8.43. The molecule has 0 atom stereocenters. The van der Waals surface area contributed by atoms with Crippen molar-refractivity contribution in [1.29, 1.82) is 0 Å². The number of unbranched alkanes of at least 4 members (excludes halogenated alkanes) is 2. The van der Waals surface area contributed by atoms with Gasteiger partial charge in [0.15, 0.2) is 0 Å². The predicted octanol–water partition coefficient (Wildman–Crippen LogP) is 2.57. The molecule has 0 radical (unpaired) electrons. The van der Waals surface area contributed by atoms with Crippen LogP contribution in [0.2, 0.25) is 0 Å². The lowest BCUT2D eigenvalue weighted by Crippen LogP contribution is -1.92. The van der Waals surface area contributed by atoms with Gasteiger partial charge in [0.2, 0.25) is 5.01 Å². The molecule has 0 unspecified atom stereocenters. The van der Waals surface area contributed by atoms with Gasteiger partial charge in [0.25, 0.3) is 0 Å². The van der Waals surface area contributed by atoms with Gasteiger partial charge in [-0.15, -0.1) is 11.3 Å². The third kappa shape index (κ3) is 3.14. The summed E-state index contributed by atoms with van der Waals surface area (Å²) < 4.78 is 0. The molecule has 0 aliphatic carbocycles. The highest BCUT2D eigenvalue weighted by Crippen LogP contribution is 2.15. The first-order valence-electron chi connectivity index (χ1n) is 4.42. The molecule has 0 aliphatic heterocycles. The second kappa shape index (κ2) is 4.97. The fourth-order valence-electron chi connectivity index (χ4n) is 1.07. The largest absolute Gasteiger partial charge is 0.476 e. The Morgan fingerprint density at radius 1 is 1.62 bits per heavy atom. The van der Waals surface area contributed by atoms with E-state index in [1.54, 1.807) is 6.20 Å². The van der Waals surface area contributed by atoms with E-state index < -0.39 is 5.97 Å². The van der Waals surface area contributed by atoms with Crippen molar-refractivity contribution < 1.29 is 9.90 Å². The summed E-state index contributed by atoms with van der Waals surface area (Å²) in [6.45, 7) is 2.15. The van der Waals surface area contributed by atoms with Gasteiger partial charge in [0.05, 0.1) is 0 Å². The van der Waals surface area contributed by atoms with Crippen LogP contribution < -0.4 is 0 Å². The highest BCUT2D eigenvalue weighted by atomic mass is 32.1. The third-order valence-electron chi connectivity index (χ3n) is 1.76. The smallest absolute Gasteiger partial charge is 0.365 e. The molecule has 1 rings (SSSR count). The maximum atomic E-state index is 10.5. The molecule has 13 heavy (non-hydrogen) atoms. The molecule has 0 spiro atoms. The molecule has 1 aromatic rings. The molecule has 72 valence electrons. The van der Waals surface area contributed by atoms with Crippen molar-refractivity contribution in [1.82, 2.24) is 4.98 Å². The van der Waals surface area contributed by atoms with Crippen LogP contribution in [0.5, 0.6) is 0 Å². The van der Waals surface area contributed by atoms with E-state index >= 15 is 0 Å². The minimum Gasteiger partial charge on any atom is -0.476 e. The molecule has 1 aromatic heterocycles. The summed E-state index contributed by atoms with van der Waals surface area (Å²) in [5.74, 6) is -0.924. The molecule has 1 N–H and O–H groups in total. The summed E-state index contributed by atoms with van der Waals surface area (Å²) in [4.78, 5) is 15.4. The second-order valence-electron chi connectivity index (χ2n) is 2.89. The normalized spacial score (nSPS) is 10.2. The Balaban J connectivity index is 2.44. The van der Waals surface area contributed by atoms with Crippen LogP contribution in [0.4, 0.5) is 0 Å². The van der Waals surface area contributed by atoms with E-state index in [0.717, 1.165) is 17.7 Å².